The summed E-state index contributed by atoms with van der Waals surface area (Å²) >= 11 is 7.90. The second-order valence-electron chi connectivity index (χ2n) is 7.21. The zero-order chi connectivity index (χ0) is 19.7. The quantitative estimate of drug-likeness (QED) is 0.666. The molecule has 1 aromatic carbocycles. The fraction of sp³-hybridized carbons (Fsp3) is 0.333. The van der Waals surface area contributed by atoms with Gasteiger partial charge in [-0.1, -0.05) is 41.4 Å². The minimum Gasteiger partial charge on any atom is -0.347 e. The zero-order valence-corrected chi connectivity index (χ0v) is 17.3. The summed E-state index contributed by atoms with van der Waals surface area (Å²) in [7, 11) is 0. The highest BCUT2D eigenvalue weighted by Gasteiger charge is 2.24. The number of nitrogens with zero attached hydrogens (tertiary/aromatic N) is 2. The first-order chi connectivity index (χ1) is 13.5. The topological polar surface area (TPSA) is 72.9 Å². The third-order valence-corrected chi connectivity index (χ3v) is 6.51. The molecule has 7 heteroatoms. The summed E-state index contributed by atoms with van der Waals surface area (Å²) in [6, 6.07) is 10.1. The fourth-order valence-electron chi connectivity index (χ4n) is 3.69. The van der Waals surface area contributed by atoms with Crippen molar-refractivity contribution in [2.75, 3.05) is 6.54 Å². The van der Waals surface area contributed by atoms with Crippen LogP contribution in [-0.4, -0.2) is 28.3 Å². The van der Waals surface area contributed by atoms with Gasteiger partial charge in [0.2, 0.25) is 0 Å². The van der Waals surface area contributed by atoms with Crippen LogP contribution in [0.2, 0.25) is 5.02 Å². The van der Waals surface area contributed by atoms with Crippen molar-refractivity contribution in [2.24, 2.45) is 5.73 Å². The van der Waals surface area contributed by atoms with E-state index in [2.05, 4.69) is 35.5 Å². The van der Waals surface area contributed by atoms with Gasteiger partial charge in [-0.05, 0) is 37.8 Å². The highest BCUT2D eigenvalue weighted by molar-refractivity contribution is 7.14. The third kappa shape index (κ3) is 3.85. The molecule has 1 amide bonds. The molecule has 0 fully saturated rings. The van der Waals surface area contributed by atoms with E-state index in [-0.39, 0.29) is 11.9 Å². The van der Waals surface area contributed by atoms with Crippen molar-refractivity contribution in [3.63, 3.8) is 0 Å². The first-order valence-electron chi connectivity index (χ1n) is 9.46. The van der Waals surface area contributed by atoms with Gasteiger partial charge in [-0.15, -0.1) is 11.3 Å². The van der Waals surface area contributed by atoms with Crippen molar-refractivity contribution in [1.82, 2.24) is 15.1 Å². The Kier molecular flexibility index (Phi) is 5.53. The summed E-state index contributed by atoms with van der Waals surface area (Å²) < 4.78 is 1.93. The van der Waals surface area contributed by atoms with E-state index in [9.17, 15) is 4.79 Å². The van der Waals surface area contributed by atoms with E-state index in [0.717, 1.165) is 30.6 Å². The lowest BCUT2D eigenvalue weighted by molar-refractivity contribution is 0.0942. The molecule has 3 heterocycles. The molecule has 1 atom stereocenters. The van der Waals surface area contributed by atoms with E-state index >= 15 is 0 Å². The van der Waals surface area contributed by atoms with Gasteiger partial charge in [0.1, 0.15) is 0 Å². The number of carbonyl (C=O) groups excluding carboxylic acids is 1. The van der Waals surface area contributed by atoms with Crippen LogP contribution in [-0.2, 0) is 19.4 Å². The molecule has 146 valence electrons. The number of fused-ring (bicyclic) bond motifs is 3. The van der Waals surface area contributed by atoms with Crippen LogP contribution in [0, 0.1) is 6.92 Å². The molecule has 5 nitrogen and oxygen atoms in total. The number of aromatic nitrogens is 2. The number of hydrogen-bond donors (Lipinski definition) is 2. The molecule has 3 aromatic rings. The number of amides is 1. The highest BCUT2D eigenvalue weighted by Crippen LogP contribution is 2.38. The number of aryl methyl sites for hydroxylation is 3. The predicted octanol–water partition coefficient (Wildman–Crippen LogP) is 3.82. The van der Waals surface area contributed by atoms with Crippen LogP contribution >= 0.6 is 22.9 Å². The van der Waals surface area contributed by atoms with Gasteiger partial charge < -0.3 is 11.1 Å². The lowest BCUT2D eigenvalue weighted by atomic mass is 10.0. The molecule has 28 heavy (non-hydrogen) atoms. The van der Waals surface area contributed by atoms with Crippen LogP contribution in [0.15, 0.2) is 36.5 Å². The Bertz CT molecular complexity index is 1010. The number of hydrogen-bond acceptors (Lipinski definition) is 4. The van der Waals surface area contributed by atoms with E-state index in [0.29, 0.717) is 22.9 Å². The van der Waals surface area contributed by atoms with E-state index in [1.165, 1.54) is 16.0 Å². The average Bonchev–Trinajstić information content (AvgIpc) is 3.20. The molecule has 0 saturated carbocycles. The van der Waals surface area contributed by atoms with Gasteiger partial charge in [-0.2, -0.15) is 5.10 Å². The molecular formula is C21H23ClN4OS. The summed E-state index contributed by atoms with van der Waals surface area (Å²) in [5, 5.41) is 8.09. The molecule has 4 rings (SSSR count). The van der Waals surface area contributed by atoms with Gasteiger partial charge >= 0.3 is 0 Å². The Hall–Kier alpha value is -2.15. The normalized spacial score (nSPS) is 14.1. The first-order valence-corrected chi connectivity index (χ1v) is 10.7. The Balaban J connectivity index is 1.54. The van der Waals surface area contributed by atoms with E-state index in [1.807, 2.05) is 16.8 Å². The molecule has 0 radical (unpaired) electrons. The summed E-state index contributed by atoms with van der Waals surface area (Å²) in [6.45, 7) is 3.30. The minimum atomic E-state index is -0.106. The molecule has 1 unspecified atom stereocenters. The Morgan fingerprint density at radius 2 is 2.29 bits per heavy atom. The number of benzene rings is 1. The summed E-state index contributed by atoms with van der Waals surface area (Å²) in [4.78, 5) is 14.8. The van der Waals surface area contributed by atoms with Gasteiger partial charge in [0.15, 0.2) is 0 Å². The maximum atomic E-state index is 12.9. The van der Waals surface area contributed by atoms with Crippen LogP contribution in [0.25, 0.3) is 11.3 Å². The molecule has 1 aliphatic heterocycles. The Labute approximate surface area is 173 Å². The standard InChI is InChI=1S/C21H23ClN4OS/c1-13-4-2-5-14(8-13)9-15(11-23)25-21(27)19-10-16-18(28-19)6-3-7-26-20(16)17(22)12-24-26/h2,4-5,8,10,12,15H,3,6-7,9,11,23H2,1H3,(H,25,27). The van der Waals surface area contributed by atoms with Crippen molar-refractivity contribution in [1.29, 1.82) is 0 Å². The van der Waals surface area contributed by atoms with Crippen LogP contribution in [0.1, 0.15) is 32.1 Å². The van der Waals surface area contributed by atoms with E-state index < -0.39 is 0 Å². The molecule has 0 saturated heterocycles. The maximum Gasteiger partial charge on any atom is 0.261 e. The van der Waals surface area contributed by atoms with Gasteiger partial charge in [-0.3, -0.25) is 9.48 Å². The number of carbonyl (C=O) groups is 1. The van der Waals surface area contributed by atoms with E-state index in [4.69, 9.17) is 17.3 Å². The number of rotatable bonds is 5. The lowest BCUT2D eigenvalue weighted by Gasteiger charge is -2.16. The van der Waals surface area contributed by atoms with Crippen molar-refractivity contribution in [2.45, 2.75) is 38.8 Å². The van der Waals surface area contributed by atoms with Crippen LogP contribution in [0.4, 0.5) is 0 Å². The SMILES string of the molecule is Cc1cccc(CC(CN)NC(=O)c2cc3c(s2)CCCn2ncc(Cl)c2-3)c1. The van der Waals surface area contributed by atoms with Gasteiger partial charge in [0.05, 0.1) is 21.8 Å². The van der Waals surface area contributed by atoms with Crippen LogP contribution in [0.3, 0.4) is 0 Å². The van der Waals surface area contributed by atoms with Crippen molar-refractivity contribution < 1.29 is 4.79 Å². The Morgan fingerprint density at radius 1 is 1.43 bits per heavy atom. The average molecular weight is 415 g/mol. The number of halogens is 1. The smallest absolute Gasteiger partial charge is 0.261 e. The van der Waals surface area contributed by atoms with Crippen molar-refractivity contribution in [3.8, 4) is 11.3 Å². The van der Waals surface area contributed by atoms with Gasteiger partial charge in [0.25, 0.3) is 5.91 Å². The molecule has 3 N–H and O–H groups in total. The largest absolute Gasteiger partial charge is 0.347 e. The van der Waals surface area contributed by atoms with E-state index in [1.54, 1.807) is 17.5 Å². The summed E-state index contributed by atoms with van der Waals surface area (Å²) in [6.07, 6.45) is 4.30. The zero-order valence-electron chi connectivity index (χ0n) is 15.7. The summed E-state index contributed by atoms with van der Waals surface area (Å²) in [5.41, 5.74) is 10.3. The lowest BCUT2D eigenvalue weighted by Crippen LogP contribution is -2.41. The highest BCUT2D eigenvalue weighted by atomic mass is 35.5. The van der Waals surface area contributed by atoms with Gasteiger partial charge in [0, 0.05) is 29.6 Å². The van der Waals surface area contributed by atoms with Gasteiger partial charge in [-0.25, -0.2) is 0 Å². The summed E-state index contributed by atoms with van der Waals surface area (Å²) in [5.74, 6) is -0.0802. The number of thiophene rings is 1. The molecule has 0 spiro atoms. The molecular weight excluding hydrogens is 392 g/mol. The molecule has 0 aliphatic carbocycles. The molecule has 1 aliphatic rings. The monoisotopic (exact) mass is 414 g/mol. The maximum absolute atomic E-state index is 12.9. The minimum absolute atomic E-state index is 0.0802. The second kappa shape index (κ2) is 8.07. The third-order valence-electron chi connectivity index (χ3n) is 5.04. The molecule has 2 aromatic heterocycles. The second-order valence-corrected chi connectivity index (χ2v) is 8.76. The first kappa shape index (κ1) is 19.2. The molecule has 0 bridgehead atoms. The number of nitrogens with one attached hydrogen (secondary N) is 1. The Morgan fingerprint density at radius 3 is 3.07 bits per heavy atom. The van der Waals surface area contributed by atoms with Crippen LogP contribution in [0.5, 0.6) is 0 Å². The van der Waals surface area contributed by atoms with Crippen molar-refractivity contribution >= 4 is 28.8 Å². The predicted molar refractivity (Wildman–Crippen MR) is 114 cm³/mol. The van der Waals surface area contributed by atoms with Crippen LogP contribution < -0.4 is 11.1 Å². The van der Waals surface area contributed by atoms with Crippen molar-refractivity contribution in [3.05, 3.63) is 62.4 Å². The number of nitrogens with two attached hydrogens (primary N) is 1. The fourth-order valence-corrected chi connectivity index (χ4v) is 5.04.